The maximum Gasteiger partial charge on any atom is 0.257 e. The Hall–Kier alpha value is -3.30. The van der Waals surface area contributed by atoms with Crippen LogP contribution in [0, 0.1) is 19.7 Å². The van der Waals surface area contributed by atoms with Crippen LogP contribution in [0.2, 0.25) is 0 Å². The maximum atomic E-state index is 13.3. The number of nitrogens with zero attached hydrogens (tertiary/aromatic N) is 2. The fourth-order valence-corrected chi connectivity index (χ4v) is 4.87. The van der Waals surface area contributed by atoms with Crippen molar-refractivity contribution >= 4 is 32.2 Å². The Morgan fingerprint density at radius 1 is 1.09 bits per heavy atom. The summed E-state index contributed by atoms with van der Waals surface area (Å²) < 4.78 is 38.8. The van der Waals surface area contributed by atoms with E-state index in [2.05, 4.69) is 10.3 Å². The molecular weight excluding hydrogens is 449 g/mol. The van der Waals surface area contributed by atoms with Crippen molar-refractivity contribution in [3.05, 3.63) is 82.7 Å². The first-order chi connectivity index (χ1) is 15.1. The number of carbonyl (C=O) groups excluding carboxylic acids is 1. The van der Waals surface area contributed by atoms with Crippen molar-refractivity contribution in [2.75, 3.05) is 11.6 Å². The summed E-state index contributed by atoms with van der Waals surface area (Å²) in [5, 5.41) is 4.98. The van der Waals surface area contributed by atoms with E-state index in [1.54, 1.807) is 18.2 Å². The molecule has 0 aliphatic rings. The lowest BCUT2D eigenvalue weighted by molar-refractivity contribution is 0.102. The highest BCUT2D eigenvalue weighted by Gasteiger charge is 2.17. The molecule has 0 saturated carbocycles. The van der Waals surface area contributed by atoms with E-state index in [1.165, 1.54) is 41.7 Å². The second-order valence-corrected chi connectivity index (χ2v) is 10.3. The van der Waals surface area contributed by atoms with Gasteiger partial charge in [0.2, 0.25) is 0 Å². The molecule has 2 aromatic carbocycles. The molecule has 0 aliphatic heterocycles. The number of rotatable bonds is 5. The van der Waals surface area contributed by atoms with Crippen LogP contribution in [-0.2, 0) is 9.84 Å². The van der Waals surface area contributed by atoms with Gasteiger partial charge in [-0.2, -0.15) is 0 Å². The third-order valence-electron chi connectivity index (χ3n) is 5.04. The molecule has 6 nitrogen and oxygen atoms in total. The Kier molecular flexibility index (Phi) is 5.70. The predicted molar refractivity (Wildman–Crippen MR) is 124 cm³/mol. The molecule has 1 amide bonds. The molecule has 1 N–H and O–H groups in total. The molecule has 0 fully saturated rings. The van der Waals surface area contributed by atoms with Gasteiger partial charge in [0, 0.05) is 39.8 Å². The van der Waals surface area contributed by atoms with Crippen molar-refractivity contribution in [3.8, 4) is 16.9 Å². The zero-order chi connectivity index (χ0) is 23.0. The number of nitrogens with one attached hydrogen (secondary N) is 1. The normalized spacial score (nSPS) is 11.5. The third kappa shape index (κ3) is 4.35. The van der Waals surface area contributed by atoms with Crippen molar-refractivity contribution in [1.82, 2.24) is 9.55 Å². The fourth-order valence-electron chi connectivity index (χ4n) is 3.50. The van der Waals surface area contributed by atoms with Gasteiger partial charge < -0.3 is 4.57 Å². The predicted octanol–water partition coefficient (Wildman–Crippen LogP) is 5.01. The molecule has 2 heterocycles. The standard InChI is InChI=1S/C23H20FN3O3S2/c1-14-11-20(15(2)27(14)18-9-7-17(24)8-10-18)21-13-31-23(25-21)26-22(28)16-5-4-6-19(12-16)32(3,29)30/h4-13H,1-3H3,(H,25,26,28). The molecule has 9 heteroatoms. The number of aryl methyl sites for hydroxylation is 1. The lowest BCUT2D eigenvalue weighted by Crippen LogP contribution is -2.12. The first-order valence-corrected chi connectivity index (χ1v) is 12.4. The number of hydrogen-bond donors (Lipinski definition) is 1. The number of anilines is 1. The van der Waals surface area contributed by atoms with Crippen LogP contribution in [0.25, 0.3) is 16.9 Å². The summed E-state index contributed by atoms with van der Waals surface area (Å²) in [5.41, 5.74) is 4.61. The van der Waals surface area contributed by atoms with E-state index >= 15 is 0 Å². The monoisotopic (exact) mass is 469 g/mol. The first-order valence-electron chi connectivity index (χ1n) is 9.66. The Labute approximate surface area is 189 Å². The Bertz CT molecular complexity index is 1420. The average molecular weight is 470 g/mol. The summed E-state index contributed by atoms with van der Waals surface area (Å²) in [4.78, 5) is 17.2. The van der Waals surface area contributed by atoms with Crippen LogP contribution in [0.1, 0.15) is 21.7 Å². The highest BCUT2D eigenvalue weighted by atomic mass is 32.2. The van der Waals surface area contributed by atoms with Crippen molar-refractivity contribution in [2.45, 2.75) is 18.7 Å². The number of carbonyl (C=O) groups is 1. The number of aromatic nitrogens is 2. The SMILES string of the molecule is Cc1cc(-c2csc(NC(=O)c3cccc(S(C)(=O)=O)c3)n2)c(C)n1-c1ccc(F)cc1. The molecular formula is C23H20FN3O3S2. The summed E-state index contributed by atoms with van der Waals surface area (Å²) >= 11 is 1.28. The summed E-state index contributed by atoms with van der Waals surface area (Å²) in [7, 11) is -3.41. The molecule has 0 aliphatic carbocycles. The van der Waals surface area contributed by atoms with Gasteiger partial charge in [-0.3, -0.25) is 10.1 Å². The van der Waals surface area contributed by atoms with Crippen molar-refractivity contribution in [2.24, 2.45) is 0 Å². The smallest absolute Gasteiger partial charge is 0.257 e. The summed E-state index contributed by atoms with van der Waals surface area (Å²) in [5.74, 6) is -0.730. The largest absolute Gasteiger partial charge is 0.318 e. The second kappa shape index (κ2) is 8.33. The van der Waals surface area contributed by atoms with Crippen LogP contribution in [-0.4, -0.2) is 30.1 Å². The van der Waals surface area contributed by atoms with E-state index in [4.69, 9.17) is 0 Å². The summed E-state index contributed by atoms with van der Waals surface area (Å²) in [6, 6.07) is 14.1. The van der Waals surface area contributed by atoms with E-state index in [0.717, 1.165) is 28.9 Å². The van der Waals surface area contributed by atoms with Gasteiger partial charge in [-0.05, 0) is 62.4 Å². The number of halogens is 1. The van der Waals surface area contributed by atoms with Gasteiger partial charge in [0.15, 0.2) is 15.0 Å². The van der Waals surface area contributed by atoms with Crippen LogP contribution < -0.4 is 5.32 Å². The topological polar surface area (TPSA) is 81.1 Å². The van der Waals surface area contributed by atoms with E-state index in [1.807, 2.05) is 29.9 Å². The average Bonchev–Trinajstić information content (AvgIpc) is 3.32. The lowest BCUT2D eigenvalue weighted by atomic mass is 10.2. The molecule has 0 radical (unpaired) electrons. The number of hydrogen-bond acceptors (Lipinski definition) is 5. The summed E-state index contributed by atoms with van der Waals surface area (Å²) in [6.07, 6.45) is 1.10. The van der Waals surface area contributed by atoms with Crippen LogP contribution in [0.5, 0.6) is 0 Å². The third-order valence-corrected chi connectivity index (χ3v) is 6.91. The Morgan fingerprint density at radius 3 is 2.50 bits per heavy atom. The van der Waals surface area contributed by atoms with E-state index < -0.39 is 15.7 Å². The molecule has 4 rings (SSSR count). The van der Waals surface area contributed by atoms with E-state index in [0.29, 0.717) is 10.8 Å². The molecule has 0 atom stereocenters. The highest BCUT2D eigenvalue weighted by molar-refractivity contribution is 7.90. The minimum Gasteiger partial charge on any atom is -0.318 e. The zero-order valence-corrected chi connectivity index (χ0v) is 19.2. The van der Waals surface area contributed by atoms with E-state index in [9.17, 15) is 17.6 Å². The highest BCUT2D eigenvalue weighted by Crippen LogP contribution is 2.32. The number of benzene rings is 2. The first kappa shape index (κ1) is 21.9. The Morgan fingerprint density at radius 2 is 1.81 bits per heavy atom. The van der Waals surface area contributed by atoms with Crippen molar-refractivity contribution < 1.29 is 17.6 Å². The Balaban J connectivity index is 1.59. The summed E-state index contributed by atoms with van der Waals surface area (Å²) in [6.45, 7) is 3.92. The molecule has 32 heavy (non-hydrogen) atoms. The molecule has 164 valence electrons. The molecule has 0 saturated heterocycles. The van der Waals surface area contributed by atoms with Gasteiger partial charge in [0.1, 0.15) is 5.82 Å². The zero-order valence-electron chi connectivity index (χ0n) is 17.6. The quantitative estimate of drug-likeness (QED) is 0.445. The molecule has 2 aromatic heterocycles. The van der Waals surface area contributed by atoms with Crippen LogP contribution in [0.4, 0.5) is 9.52 Å². The maximum absolute atomic E-state index is 13.3. The number of thiazole rings is 1. The van der Waals surface area contributed by atoms with Crippen LogP contribution >= 0.6 is 11.3 Å². The van der Waals surface area contributed by atoms with Gasteiger partial charge in [-0.1, -0.05) is 6.07 Å². The molecule has 4 aromatic rings. The van der Waals surface area contributed by atoms with Gasteiger partial charge in [0.25, 0.3) is 5.91 Å². The fraction of sp³-hybridized carbons (Fsp3) is 0.130. The minimum atomic E-state index is -3.41. The second-order valence-electron chi connectivity index (χ2n) is 7.39. The molecule has 0 spiro atoms. The number of amides is 1. The van der Waals surface area contributed by atoms with Gasteiger partial charge in [-0.25, -0.2) is 17.8 Å². The van der Waals surface area contributed by atoms with Crippen molar-refractivity contribution in [1.29, 1.82) is 0 Å². The van der Waals surface area contributed by atoms with E-state index in [-0.39, 0.29) is 16.3 Å². The minimum absolute atomic E-state index is 0.0817. The van der Waals surface area contributed by atoms with Crippen molar-refractivity contribution in [3.63, 3.8) is 0 Å². The van der Waals surface area contributed by atoms with Gasteiger partial charge >= 0.3 is 0 Å². The molecule has 0 unspecified atom stereocenters. The van der Waals surface area contributed by atoms with Crippen LogP contribution in [0.3, 0.4) is 0 Å². The van der Waals surface area contributed by atoms with Gasteiger partial charge in [-0.15, -0.1) is 11.3 Å². The lowest BCUT2D eigenvalue weighted by Gasteiger charge is -2.09. The molecule has 0 bridgehead atoms. The number of sulfone groups is 1. The van der Waals surface area contributed by atoms with Crippen LogP contribution in [0.15, 0.2) is 64.9 Å². The van der Waals surface area contributed by atoms with Gasteiger partial charge in [0.05, 0.1) is 10.6 Å².